The molecule has 0 saturated carbocycles. The number of fused-ring (bicyclic) bond motifs is 1. The number of nitrogens with zero attached hydrogens (tertiary/aromatic N) is 4. The molecule has 198 valence electrons. The Labute approximate surface area is 226 Å². The number of aryl methyl sites for hydroxylation is 1. The molecule has 2 aromatic heterocycles. The maximum Gasteiger partial charge on any atom is 0.341 e. The van der Waals surface area contributed by atoms with E-state index in [0.717, 1.165) is 5.56 Å². The van der Waals surface area contributed by atoms with Crippen LogP contribution in [0, 0.1) is 0 Å². The minimum atomic E-state index is -0.546. The first-order valence-electron chi connectivity index (χ1n) is 12.9. The lowest BCUT2D eigenvalue weighted by Gasteiger charge is -2.22. The molecule has 0 aliphatic carbocycles. The van der Waals surface area contributed by atoms with Gasteiger partial charge in [0.05, 0.1) is 17.1 Å². The van der Waals surface area contributed by atoms with Gasteiger partial charge in [-0.1, -0.05) is 66.7 Å². The van der Waals surface area contributed by atoms with Crippen LogP contribution in [0.2, 0.25) is 0 Å². The van der Waals surface area contributed by atoms with Gasteiger partial charge in [0.15, 0.2) is 0 Å². The lowest BCUT2D eigenvalue weighted by Crippen LogP contribution is -2.41. The maximum atomic E-state index is 14.3. The molecule has 8 nitrogen and oxygen atoms in total. The third-order valence-electron chi connectivity index (χ3n) is 6.78. The van der Waals surface area contributed by atoms with E-state index >= 15 is 0 Å². The molecule has 3 aromatic carbocycles. The smallest absolute Gasteiger partial charge is 0.341 e. The van der Waals surface area contributed by atoms with Gasteiger partial charge >= 0.3 is 5.69 Å². The number of rotatable bonds is 8. The number of para-hydroxylation sites is 2. The largest absolute Gasteiger partial charge is 0.383 e. The van der Waals surface area contributed by atoms with Crippen LogP contribution in [0.15, 0.2) is 105 Å². The van der Waals surface area contributed by atoms with Crippen LogP contribution >= 0.6 is 0 Å². The Morgan fingerprint density at radius 3 is 1.82 bits per heavy atom. The highest BCUT2D eigenvalue weighted by Crippen LogP contribution is 2.25. The summed E-state index contributed by atoms with van der Waals surface area (Å²) in [4.78, 5) is 44.3. The molecular weight excluding hydrogens is 490 g/mol. The quantitative estimate of drug-likeness (QED) is 0.339. The van der Waals surface area contributed by atoms with Gasteiger partial charge in [-0.3, -0.25) is 14.2 Å². The average molecular weight is 522 g/mol. The lowest BCUT2D eigenvalue weighted by molar-refractivity contribution is 0.425. The standard InChI is InChI=1S/C31H31N5O3/c1-33(2)20-19-32-27-25(21-22-13-7-4-8-14-22)29(37)34(3)28-26(27)30(38)36(24-17-11-6-12-18-24)31(39)35(28)23-15-9-5-10-16-23/h4-18,32H,19-21H2,1-3H3. The molecule has 0 bridgehead atoms. The van der Waals surface area contributed by atoms with Crippen molar-refractivity contribution in [1.82, 2.24) is 18.6 Å². The number of hydrogen-bond acceptors (Lipinski definition) is 5. The molecule has 5 rings (SSSR count). The monoisotopic (exact) mass is 521 g/mol. The topological polar surface area (TPSA) is 81.3 Å². The third-order valence-corrected chi connectivity index (χ3v) is 6.78. The van der Waals surface area contributed by atoms with E-state index < -0.39 is 11.2 Å². The molecule has 0 atom stereocenters. The summed E-state index contributed by atoms with van der Waals surface area (Å²) in [7, 11) is 5.54. The van der Waals surface area contributed by atoms with E-state index in [0.29, 0.717) is 42.1 Å². The Morgan fingerprint density at radius 2 is 1.26 bits per heavy atom. The highest BCUT2D eigenvalue weighted by atomic mass is 16.2. The summed E-state index contributed by atoms with van der Waals surface area (Å²) < 4.78 is 4.06. The number of pyridine rings is 1. The van der Waals surface area contributed by atoms with Crippen molar-refractivity contribution in [3.05, 3.63) is 133 Å². The van der Waals surface area contributed by atoms with Crippen molar-refractivity contribution >= 4 is 16.7 Å². The molecule has 5 aromatic rings. The summed E-state index contributed by atoms with van der Waals surface area (Å²) in [6, 6.07) is 27.7. The number of likely N-dealkylation sites (N-methyl/N-ethyl adjacent to an activating group) is 1. The molecule has 0 radical (unpaired) electrons. The van der Waals surface area contributed by atoms with Gasteiger partial charge in [0, 0.05) is 32.1 Å². The molecule has 0 fully saturated rings. The summed E-state index contributed by atoms with van der Waals surface area (Å²) >= 11 is 0. The SMILES string of the molecule is CN(C)CCNc1c(Cc2ccccc2)c(=O)n(C)c2c1c(=O)n(-c1ccccc1)c(=O)n2-c1ccccc1. The Bertz CT molecular complexity index is 1790. The highest BCUT2D eigenvalue weighted by molar-refractivity contribution is 5.92. The second-order valence-electron chi connectivity index (χ2n) is 9.74. The van der Waals surface area contributed by atoms with Crippen molar-refractivity contribution in [3.8, 4) is 11.4 Å². The Hall–Kier alpha value is -4.69. The molecule has 8 heteroatoms. The van der Waals surface area contributed by atoms with Gasteiger partial charge in [0.1, 0.15) is 11.0 Å². The summed E-state index contributed by atoms with van der Waals surface area (Å²) in [6.45, 7) is 1.19. The molecule has 2 heterocycles. The molecule has 0 unspecified atom stereocenters. The zero-order valence-corrected chi connectivity index (χ0v) is 22.3. The number of hydrogen-bond donors (Lipinski definition) is 1. The van der Waals surface area contributed by atoms with Crippen LogP contribution in [-0.4, -0.2) is 45.8 Å². The lowest BCUT2D eigenvalue weighted by atomic mass is 10.0. The van der Waals surface area contributed by atoms with Crippen molar-refractivity contribution in [2.45, 2.75) is 6.42 Å². The fourth-order valence-electron chi connectivity index (χ4n) is 4.87. The van der Waals surface area contributed by atoms with Crippen LogP contribution in [0.3, 0.4) is 0 Å². The summed E-state index contributed by atoms with van der Waals surface area (Å²) in [6.07, 6.45) is 0.336. The van der Waals surface area contributed by atoms with Gasteiger partial charge < -0.3 is 10.2 Å². The zero-order valence-electron chi connectivity index (χ0n) is 22.3. The van der Waals surface area contributed by atoms with Gasteiger partial charge in [-0.25, -0.2) is 13.9 Å². The van der Waals surface area contributed by atoms with E-state index in [1.807, 2.05) is 73.6 Å². The van der Waals surface area contributed by atoms with E-state index in [1.165, 1.54) is 13.7 Å². The first-order valence-corrected chi connectivity index (χ1v) is 12.9. The third kappa shape index (κ3) is 4.94. The van der Waals surface area contributed by atoms with Crippen LogP contribution in [-0.2, 0) is 13.5 Å². The van der Waals surface area contributed by atoms with Crippen LogP contribution in [0.5, 0.6) is 0 Å². The Balaban J connectivity index is 1.94. The number of nitrogens with one attached hydrogen (secondary N) is 1. The fraction of sp³-hybridized carbons (Fsp3) is 0.194. The molecule has 39 heavy (non-hydrogen) atoms. The molecule has 0 spiro atoms. The van der Waals surface area contributed by atoms with Gasteiger partial charge in [-0.2, -0.15) is 0 Å². The average Bonchev–Trinajstić information content (AvgIpc) is 2.94. The van der Waals surface area contributed by atoms with E-state index in [2.05, 4.69) is 5.32 Å². The van der Waals surface area contributed by atoms with Crippen molar-refractivity contribution < 1.29 is 0 Å². The molecule has 0 amide bonds. The molecule has 0 aliphatic rings. The van der Waals surface area contributed by atoms with E-state index in [1.54, 1.807) is 43.4 Å². The van der Waals surface area contributed by atoms with Crippen molar-refractivity contribution in [3.63, 3.8) is 0 Å². The van der Waals surface area contributed by atoms with Gasteiger partial charge in [0.25, 0.3) is 11.1 Å². The van der Waals surface area contributed by atoms with Crippen molar-refractivity contribution in [2.24, 2.45) is 7.05 Å². The molecular formula is C31H31N5O3. The van der Waals surface area contributed by atoms with E-state index in [-0.39, 0.29) is 16.6 Å². The molecule has 0 saturated heterocycles. The predicted octanol–water partition coefficient (Wildman–Crippen LogP) is 3.40. The minimum absolute atomic E-state index is 0.248. The Morgan fingerprint density at radius 1 is 0.718 bits per heavy atom. The minimum Gasteiger partial charge on any atom is -0.383 e. The normalized spacial score (nSPS) is 11.3. The second kappa shape index (κ2) is 11.0. The number of aromatic nitrogens is 3. The summed E-state index contributed by atoms with van der Waals surface area (Å²) in [5.41, 5.74) is 1.85. The van der Waals surface area contributed by atoms with Gasteiger partial charge in [-0.15, -0.1) is 0 Å². The van der Waals surface area contributed by atoms with Gasteiger partial charge in [-0.05, 0) is 43.9 Å². The second-order valence-corrected chi connectivity index (χ2v) is 9.74. The van der Waals surface area contributed by atoms with E-state index in [9.17, 15) is 14.4 Å². The molecule has 1 N–H and O–H groups in total. The maximum absolute atomic E-state index is 14.3. The van der Waals surface area contributed by atoms with Crippen LogP contribution in [0.4, 0.5) is 5.69 Å². The van der Waals surface area contributed by atoms with Crippen LogP contribution in [0.1, 0.15) is 11.1 Å². The van der Waals surface area contributed by atoms with Crippen LogP contribution < -0.4 is 22.1 Å². The number of anilines is 1. The molecule has 0 aliphatic heterocycles. The first-order chi connectivity index (χ1) is 18.9. The van der Waals surface area contributed by atoms with Crippen molar-refractivity contribution in [2.75, 3.05) is 32.5 Å². The zero-order chi connectivity index (χ0) is 27.5. The van der Waals surface area contributed by atoms with Crippen LogP contribution in [0.25, 0.3) is 22.4 Å². The van der Waals surface area contributed by atoms with E-state index in [4.69, 9.17) is 0 Å². The highest BCUT2D eigenvalue weighted by Gasteiger charge is 2.25. The summed E-state index contributed by atoms with van der Waals surface area (Å²) in [5.74, 6) is 0. The summed E-state index contributed by atoms with van der Waals surface area (Å²) in [5, 5.41) is 3.70. The predicted molar refractivity (Wildman–Crippen MR) is 157 cm³/mol. The first kappa shape index (κ1) is 25.9. The fourth-order valence-corrected chi connectivity index (χ4v) is 4.87. The van der Waals surface area contributed by atoms with Gasteiger partial charge in [0.2, 0.25) is 0 Å². The van der Waals surface area contributed by atoms with Crippen molar-refractivity contribution in [1.29, 1.82) is 0 Å². The Kier molecular flexibility index (Phi) is 7.29. The number of benzene rings is 3.